The Balaban J connectivity index is 2.24. The SMILES string of the molecule is CN(CC(C#N)CCC#N)CC1CCCOC1. The molecule has 0 aromatic carbocycles. The predicted molar refractivity (Wildman–Crippen MR) is 65.0 cm³/mol. The van der Waals surface area contributed by atoms with E-state index in [4.69, 9.17) is 15.3 Å². The van der Waals surface area contributed by atoms with Crippen LogP contribution in [0, 0.1) is 34.5 Å². The molecule has 0 aliphatic carbocycles. The average Bonchev–Trinajstić information content (AvgIpc) is 2.35. The first-order chi connectivity index (χ1) is 8.26. The molecule has 1 aliphatic heterocycles. The molecule has 2 atom stereocenters. The molecule has 1 fully saturated rings. The van der Waals surface area contributed by atoms with Gasteiger partial charge in [0, 0.05) is 26.1 Å². The molecule has 1 saturated heterocycles. The molecule has 0 saturated carbocycles. The highest BCUT2D eigenvalue weighted by Gasteiger charge is 2.18. The van der Waals surface area contributed by atoms with Gasteiger partial charge in [0.15, 0.2) is 0 Å². The highest BCUT2D eigenvalue weighted by atomic mass is 16.5. The van der Waals surface area contributed by atoms with Gasteiger partial charge in [0.25, 0.3) is 0 Å². The van der Waals surface area contributed by atoms with Crippen LogP contribution in [-0.2, 0) is 4.74 Å². The standard InChI is InChI=1S/C13H21N3O/c1-16(9-12(8-15)4-2-6-14)10-13-5-3-7-17-11-13/h12-13H,2-5,7,9-11H2,1H3. The molecule has 0 amide bonds. The molecule has 0 aromatic rings. The van der Waals surface area contributed by atoms with Crippen LogP contribution < -0.4 is 0 Å². The summed E-state index contributed by atoms with van der Waals surface area (Å²) in [5, 5.41) is 17.5. The van der Waals surface area contributed by atoms with E-state index in [9.17, 15) is 0 Å². The van der Waals surface area contributed by atoms with Crippen LogP contribution in [0.3, 0.4) is 0 Å². The molecular formula is C13H21N3O. The molecule has 1 aliphatic rings. The highest BCUT2D eigenvalue weighted by Crippen LogP contribution is 2.15. The van der Waals surface area contributed by atoms with Crippen molar-refractivity contribution in [3.05, 3.63) is 0 Å². The molecule has 0 N–H and O–H groups in total. The van der Waals surface area contributed by atoms with Gasteiger partial charge in [-0.1, -0.05) is 0 Å². The van der Waals surface area contributed by atoms with E-state index < -0.39 is 0 Å². The molecule has 0 radical (unpaired) electrons. The molecule has 0 bridgehead atoms. The Kier molecular flexibility index (Phi) is 6.62. The van der Waals surface area contributed by atoms with E-state index in [1.807, 2.05) is 7.05 Å². The average molecular weight is 235 g/mol. The van der Waals surface area contributed by atoms with Gasteiger partial charge in [0.2, 0.25) is 0 Å². The second-order valence-corrected chi connectivity index (χ2v) is 4.83. The summed E-state index contributed by atoms with van der Waals surface area (Å²) in [6.07, 6.45) is 3.52. The fourth-order valence-corrected chi connectivity index (χ4v) is 2.28. The minimum absolute atomic E-state index is 0.0239. The minimum atomic E-state index is -0.0239. The van der Waals surface area contributed by atoms with Gasteiger partial charge in [0.1, 0.15) is 0 Å². The first kappa shape index (κ1) is 14.0. The minimum Gasteiger partial charge on any atom is -0.381 e. The van der Waals surface area contributed by atoms with Gasteiger partial charge < -0.3 is 9.64 Å². The Hall–Kier alpha value is -1.10. The lowest BCUT2D eigenvalue weighted by Crippen LogP contribution is -2.33. The zero-order chi connectivity index (χ0) is 12.5. The van der Waals surface area contributed by atoms with E-state index in [1.165, 1.54) is 6.42 Å². The topological polar surface area (TPSA) is 60.0 Å². The van der Waals surface area contributed by atoms with Crippen LogP contribution in [0.4, 0.5) is 0 Å². The Morgan fingerprint density at radius 2 is 2.29 bits per heavy atom. The van der Waals surface area contributed by atoms with Crippen molar-refractivity contribution in [3.63, 3.8) is 0 Å². The van der Waals surface area contributed by atoms with Crippen LogP contribution in [-0.4, -0.2) is 38.3 Å². The van der Waals surface area contributed by atoms with Crippen molar-refractivity contribution in [1.82, 2.24) is 4.90 Å². The molecular weight excluding hydrogens is 214 g/mol. The van der Waals surface area contributed by atoms with E-state index in [0.29, 0.717) is 18.8 Å². The number of ether oxygens (including phenoxy) is 1. The maximum absolute atomic E-state index is 9.00. The second kappa shape index (κ2) is 8.06. The molecule has 0 spiro atoms. The van der Waals surface area contributed by atoms with Crippen LogP contribution in [0.15, 0.2) is 0 Å². The molecule has 2 unspecified atom stereocenters. The molecule has 17 heavy (non-hydrogen) atoms. The van der Waals surface area contributed by atoms with Gasteiger partial charge in [-0.15, -0.1) is 0 Å². The van der Waals surface area contributed by atoms with Crippen LogP contribution in [0.5, 0.6) is 0 Å². The third-order valence-electron chi connectivity index (χ3n) is 3.14. The molecule has 4 heteroatoms. The second-order valence-electron chi connectivity index (χ2n) is 4.83. The van der Waals surface area contributed by atoms with Crippen molar-refractivity contribution in [2.45, 2.75) is 25.7 Å². The van der Waals surface area contributed by atoms with E-state index in [2.05, 4.69) is 17.0 Å². The normalized spacial score (nSPS) is 21.8. The zero-order valence-corrected chi connectivity index (χ0v) is 10.6. The lowest BCUT2D eigenvalue weighted by Gasteiger charge is -2.27. The molecule has 94 valence electrons. The molecule has 1 rings (SSSR count). The monoisotopic (exact) mass is 235 g/mol. The van der Waals surface area contributed by atoms with Crippen molar-refractivity contribution < 1.29 is 4.74 Å². The summed E-state index contributed by atoms with van der Waals surface area (Å²) >= 11 is 0. The largest absolute Gasteiger partial charge is 0.381 e. The van der Waals surface area contributed by atoms with Crippen molar-refractivity contribution >= 4 is 0 Å². The maximum Gasteiger partial charge on any atom is 0.0669 e. The van der Waals surface area contributed by atoms with Crippen molar-refractivity contribution in [3.8, 4) is 12.1 Å². The summed E-state index contributed by atoms with van der Waals surface area (Å²) in [4.78, 5) is 2.20. The van der Waals surface area contributed by atoms with Gasteiger partial charge in [-0.05, 0) is 32.2 Å². The van der Waals surface area contributed by atoms with Crippen LogP contribution in [0.2, 0.25) is 0 Å². The zero-order valence-electron chi connectivity index (χ0n) is 10.6. The van der Waals surface area contributed by atoms with Gasteiger partial charge in [-0.2, -0.15) is 10.5 Å². The smallest absolute Gasteiger partial charge is 0.0669 e. The van der Waals surface area contributed by atoms with Crippen LogP contribution >= 0.6 is 0 Å². The number of nitrogens with zero attached hydrogens (tertiary/aromatic N) is 3. The third kappa shape index (κ3) is 5.68. The Morgan fingerprint density at radius 1 is 1.47 bits per heavy atom. The third-order valence-corrected chi connectivity index (χ3v) is 3.14. The quantitative estimate of drug-likeness (QED) is 0.704. The van der Waals surface area contributed by atoms with Crippen LogP contribution in [0.25, 0.3) is 0 Å². The highest BCUT2D eigenvalue weighted by molar-refractivity contribution is 4.87. The summed E-state index contributed by atoms with van der Waals surface area (Å²) in [6, 6.07) is 4.38. The Morgan fingerprint density at radius 3 is 2.88 bits per heavy atom. The summed E-state index contributed by atoms with van der Waals surface area (Å²) in [7, 11) is 2.05. The summed E-state index contributed by atoms with van der Waals surface area (Å²) in [6.45, 7) is 3.49. The van der Waals surface area contributed by atoms with Gasteiger partial charge in [0.05, 0.1) is 24.7 Å². The van der Waals surface area contributed by atoms with Gasteiger partial charge in [-0.25, -0.2) is 0 Å². The fourth-order valence-electron chi connectivity index (χ4n) is 2.28. The van der Waals surface area contributed by atoms with Gasteiger partial charge >= 0.3 is 0 Å². The Bertz CT molecular complexity index is 286. The lowest BCUT2D eigenvalue weighted by molar-refractivity contribution is 0.0409. The van der Waals surface area contributed by atoms with Crippen molar-refractivity contribution in [2.75, 3.05) is 33.4 Å². The van der Waals surface area contributed by atoms with E-state index >= 15 is 0 Å². The Labute approximate surface area is 104 Å². The predicted octanol–water partition coefficient (Wildman–Crippen LogP) is 1.79. The molecule has 1 heterocycles. The van der Waals surface area contributed by atoms with Crippen LogP contribution in [0.1, 0.15) is 25.7 Å². The van der Waals surface area contributed by atoms with Crippen molar-refractivity contribution in [1.29, 1.82) is 10.5 Å². The molecule has 0 aromatic heterocycles. The number of hydrogen-bond acceptors (Lipinski definition) is 4. The fraction of sp³-hybridized carbons (Fsp3) is 0.846. The lowest BCUT2D eigenvalue weighted by atomic mass is 10.0. The van der Waals surface area contributed by atoms with E-state index in [-0.39, 0.29) is 5.92 Å². The number of rotatable bonds is 6. The number of nitriles is 2. The van der Waals surface area contributed by atoms with E-state index in [0.717, 1.165) is 32.7 Å². The first-order valence-electron chi connectivity index (χ1n) is 6.29. The first-order valence-corrected chi connectivity index (χ1v) is 6.29. The maximum atomic E-state index is 9.00. The van der Waals surface area contributed by atoms with Gasteiger partial charge in [-0.3, -0.25) is 0 Å². The summed E-state index contributed by atoms with van der Waals surface area (Å²) < 4.78 is 5.44. The molecule has 4 nitrogen and oxygen atoms in total. The summed E-state index contributed by atoms with van der Waals surface area (Å²) in [5.41, 5.74) is 0. The summed E-state index contributed by atoms with van der Waals surface area (Å²) in [5.74, 6) is 0.577. The number of hydrogen-bond donors (Lipinski definition) is 0. The van der Waals surface area contributed by atoms with E-state index in [1.54, 1.807) is 0 Å². The van der Waals surface area contributed by atoms with Crippen molar-refractivity contribution in [2.24, 2.45) is 11.8 Å².